The van der Waals surface area contributed by atoms with Gasteiger partial charge in [-0.05, 0) is 202 Å². The van der Waals surface area contributed by atoms with Gasteiger partial charge in [-0.25, -0.2) is 0 Å². The lowest BCUT2D eigenvalue weighted by Gasteiger charge is -2.27. The summed E-state index contributed by atoms with van der Waals surface area (Å²) >= 11 is 0. The quantitative estimate of drug-likeness (QED) is 0.0145. The summed E-state index contributed by atoms with van der Waals surface area (Å²) in [4.78, 5) is 129. The second-order valence-electron chi connectivity index (χ2n) is 27.8. The van der Waals surface area contributed by atoms with Crippen LogP contribution in [0.4, 0.5) is 0 Å². The Morgan fingerprint density at radius 3 is 0.690 bits per heavy atom. The topological polar surface area (TPSA) is 398 Å². The molecule has 0 fully saturated rings. The Kier molecular flexibility index (Phi) is 48.5. The first-order valence-corrected chi connectivity index (χ1v) is 40.0. The van der Waals surface area contributed by atoms with E-state index in [0.717, 1.165) is 44.5 Å². The molecular formula is C82H132N14O20. The zero-order chi connectivity index (χ0) is 85.2. The number of carbonyl (C=O) groups is 8. The zero-order valence-electron chi connectivity index (χ0n) is 71.2. The van der Waals surface area contributed by atoms with Gasteiger partial charge in [-0.3, -0.25) is 38.4 Å². The summed E-state index contributed by atoms with van der Waals surface area (Å²) < 4.78 is 46.1. The molecule has 4 aromatic rings. The molecule has 0 aromatic heterocycles. The Hall–Kier alpha value is -9.36. The number of nitrogens with zero attached hydrogens (tertiary/aromatic N) is 2. The molecule has 12 N–H and O–H groups in total. The van der Waals surface area contributed by atoms with Crippen LogP contribution >= 0.6 is 0 Å². The molecular weight excluding hydrogens is 1500 g/mol. The molecule has 34 nitrogen and oxygen atoms in total. The van der Waals surface area contributed by atoms with Crippen molar-refractivity contribution in [3.63, 3.8) is 0 Å². The van der Waals surface area contributed by atoms with Crippen LogP contribution < -0.4 is 102 Å². The van der Waals surface area contributed by atoms with E-state index in [4.69, 9.17) is 57.2 Å². The number of aryl methyl sites for hydroxylation is 4. The van der Waals surface area contributed by atoms with Crippen LogP contribution in [0.15, 0.2) is 48.5 Å². The monoisotopic (exact) mass is 1630 g/mol. The van der Waals surface area contributed by atoms with Gasteiger partial charge in [0.05, 0.1) is 80.6 Å². The van der Waals surface area contributed by atoms with Crippen molar-refractivity contribution in [1.82, 2.24) is 74.3 Å². The smallest absolute Gasteiger partial charge is 0.324 e. The number of hydroxylamine groups is 4. The number of nitrogens with one attached hydrogen (secondary N) is 12. The van der Waals surface area contributed by atoms with Crippen molar-refractivity contribution in [3.8, 4) is 46.0 Å². The van der Waals surface area contributed by atoms with Crippen molar-refractivity contribution in [2.45, 2.75) is 157 Å². The van der Waals surface area contributed by atoms with E-state index in [1.165, 1.54) is 0 Å². The van der Waals surface area contributed by atoms with E-state index >= 15 is 0 Å². The summed E-state index contributed by atoms with van der Waals surface area (Å²) in [6.45, 7) is 19.5. The highest BCUT2D eigenvalue weighted by Gasteiger charge is 2.22. The van der Waals surface area contributed by atoms with Gasteiger partial charge in [0.15, 0.2) is 46.0 Å². The fraction of sp³-hybridized carbons (Fsp3) is 0.610. The predicted molar refractivity (Wildman–Crippen MR) is 440 cm³/mol. The van der Waals surface area contributed by atoms with Crippen LogP contribution in [-0.2, 0) is 57.7 Å². The maximum Gasteiger partial charge on any atom is 0.324 e. The first kappa shape index (κ1) is 99.0. The fourth-order valence-electron chi connectivity index (χ4n) is 12.0. The molecule has 4 rings (SSSR count). The Bertz CT molecular complexity index is 3190. The third kappa shape index (κ3) is 38.2. The highest BCUT2D eigenvalue weighted by atomic mass is 16.7. The highest BCUT2D eigenvalue weighted by molar-refractivity contribution is 5.78. The van der Waals surface area contributed by atoms with E-state index in [-0.39, 0.29) is 204 Å². The molecule has 116 heavy (non-hydrogen) atoms. The number of hydrogen-bond acceptors (Lipinski definition) is 30. The second kappa shape index (κ2) is 56.9. The van der Waals surface area contributed by atoms with Gasteiger partial charge in [0, 0.05) is 141 Å². The normalized spacial score (nSPS) is 12.2. The van der Waals surface area contributed by atoms with Crippen molar-refractivity contribution in [2.75, 3.05) is 175 Å². The molecule has 0 aliphatic heterocycles. The molecule has 4 unspecified atom stereocenters. The minimum atomic E-state index is -0.507. The molecule has 0 spiro atoms. The van der Waals surface area contributed by atoms with Crippen molar-refractivity contribution in [1.29, 1.82) is 0 Å². The van der Waals surface area contributed by atoms with Crippen LogP contribution in [0.3, 0.4) is 0 Å². The SMILES string of the molecule is CNC(C)c1cc(OC)c(OCCCC(=O)ONCCNC(=O)CCN(CCC(=O)NCCNOC(=O)CCCOc2cc(C)c(C(C)NC)cc2OC)CCN(CCC(=O)NCCNOC(=O)CCCOc2cc(C)c(C(C)NC)cc2OC)CCC(=O)NCCNOC(=O)CCCOc2cc(C)c(C(C)NC)cc2OC)cc1C. The Labute approximate surface area is 684 Å². The van der Waals surface area contributed by atoms with Crippen molar-refractivity contribution >= 4 is 47.5 Å². The molecule has 0 heterocycles. The van der Waals surface area contributed by atoms with Crippen LogP contribution in [-0.4, -0.2) is 232 Å². The Balaban J connectivity index is 1.33. The Morgan fingerprint density at radius 1 is 0.293 bits per heavy atom. The largest absolute Gasteiger partial charge is 0.493 e. The summed E-state index contributed by atoms with van der Waals surface area (Å²) in [5.41, 5.74) is 18.9. The molecule has 0 aliphatic rings. The van der Waals surface area contributed by atoms with Gasteiger partial charge in [0.25, 0.3) is 0 Å². The summed E-state index contributed by atoms with van der Waals surface area (Å²) in [6, 6.07) is 15.8. The van der Waals surface area contributed by atoms with Crippen molar-refractivity contribution in [2.24, 2.45) is 0 Å². The molecule has 4 aromatic carbocycles. The summed E-state index contributed by atoms with van der Waals surface area (Å²) in [7, 11) is 13.8. The van der Waals surface area contributed by atoms with E-state index in [1.807, 2.05) is 114 Å². The standard InChI is InChI=1S/C82H132N14O20/c1-55-47-71(67(105-13)51-63(55)59(5)83-9)109-43-17-21-79(101)113-91-33-29-87-75(97)25-37-95(38-26-76(98)88-30-34-92-114-80(102)22-18-44-110-72-48-56(2)64(60(6)84-10)52-68(72)106-14)41-42-96(39-27-77(99)89-31-35-93-115-81(103)23-19-45-111-73-49-57(3)65(61(7)85-11)53-69(73)107-15)40-28-78(100)90-32-36-94-116-82(104)24-20-46-112-74-50-58(4)66(62(8)86-12)54-70(74)108-16/h47-54,59-62,83-86,91-94H,17-46H2,1-16H3,(H,87,97)(H,88,98)(H,89,99)(H,90,100). The number of hydrogen-bond donors (Lipinski definition) is 12. The van der Waals surface area contributed by atoms with Crippen molar-refractivity contribution in [3.05, 3.63) is 93.0 Å². The van der Waals surface area contributed by atoms with Gasteiger partial charge in [-0.2, -0.15) is 21.9 Å². The maximum atomic E-state index is 13.4. The van der Waals surface area contributed by atoms with Gasteiger partial charge >= 0.3 is 23.9 Å². The first-order valence-electron chi connectivity index (χ1n) is 40.0. The lowest BCUT2D eigenvalue weighted by atomic mass is 10.0. The summed E-state index contributed by atoms with van der Waals surface area (Å²) in [5.74, 6) is 1.36. The van der Waals surface area contributed by atoms with Gasteiger partial charge in [-0.1, -0.05) is 0 Å². The van der Waals surface area contributed by atoms with Gasteiger partial charge in [0.2, 0.25) is 23.6 Å². The van der Waals surface area contributed by atoms with Crippen LogP contribution in [0.25, 0.3) is 0 Å². The van der Waals surface area contributed by atoms with E-state index in [9.17, 15) is 38.4 Å². The predicted octanol–water partition coefficient (Wildman–Crippen LogP) is 5.63. The molecule has 4 amide bonds. The van der Waals surface area contributed by atoms with Crippen molar-refractivity contribution < 1.29 is 95.6 Å². The second-order valence-corrected chi connectivity index (χ2v) is 27.8. The van der Waals surface area contributed by atoms with Crippen LogP contribution in [0.1, 0.15) is 173 Å². The first-order chi connectivity index (χ1) is 55.8. The molecule has 0 saturated heterocycles. The number of rotatable bonds is 63. The molecule has 4 atom stereocenters. The molecule has 0 bridgehead atoms. The van der Waals surface area contributed by atoms with Gasteiger partial charge in [0.1, 0.15) is 0 Å². The number of methoxy groups -OCH3 is 4. The lowest BCUT2D eigenvalue weighted by Crippen LogP contribution is -2.42. The minimum Gasteiger partial charge on any atom is -0.493 e. The maximum absolute atomic E-state index is 13.4. The molecule has 0 aliphatic carbocycles. The van der Waals surface area contributed by atoms with E-state index in [2.05, 4.69) is 92.1 Å². The molecule has 0 saturated carbocycles. The van der Waals surface area contributed by atoms with E-state index in [0.29, 0.717) is 84.8 Å². The number of amides is 4. The lowest BCUT2D eigenvalue weighted by molar-refractivity contribution is -0.152. The highest BCUT2D eigenvalue weighted by Crippen LogP contribution is 2.37. The van der Waals surface area contributed by atoms with Crippen LogP contribution in [0.2, 0.25) is 0 Å². The molecule has 0 radical (unpaired) electrons. The summed E-state index contributed by atoms with van der Waals surface area (Å²) in [5, 5.41) is 24.3. The number of ether oxygens (including phenoxy) is 8. The van der Waals surface area contributed by atoms with Crippen LogP contribution in [0, 0.1) is 27.7 Å². The van der Waals surface area contributed by atoms with E-state index in [1.54, 1.807) is 28.4 Å². The summed E-state index contributed by atoms with van der Waals surface area (Å²) in [6.07, 6.45) is 1.85. The van der Waals surface area contributed by atoms with E-state index < -0.39 is 23.9 Å². The third-order valence-corrected chi connectivity index (χ3v) is 19.2. The number of benzene rings is 4. The van der Waals surface area contributed by atoms with Gasteiger partial charge < -0.3 is 110 Å². The molecule has 34 heteroatoms. The average molecular weight is 1630 g/mol. The van der Waals surface area contributed by atoms with Crippen LogP contribution in [0.5, 0.6) is 46.0 Å². The van der Waals surface area contributed by atoms with Gasteiger partial charge in [-0.15, -0.1) is 0 Å². The Morgan fingerprint density at radius 2 is 0.500 bits per heavy atom. The number of carbonyl (C=O) groups excluding carboxylic acids is 8. The molecule has 650 valence electrons. The average Bonchev–Trinajstić information content (AvgIpc) is 0.845. The minimum absolute atomic E-state index is 0.0186. The fourth-order valence-corrected chi connectivity index (χ4v) is 12.0. The zero-order valence-corrected chi connectivity index (χ0v) is 71.2. The third-order valence-electron chi connectivity index (χ3n) is 19.2.